The Morgan fingerprint density at radius 1 is 0.452 bits per heavy atom. The Morgan fingerprint density at radius 2 is 0.836 bits per heavy atom. The molecule has 1 heterocycles. The number of esters is 3. The first-order valence-electron chi connectivity index (χ1n) is 30.0. The Labute approximate surface area is 444 Å². The summed E-state index contributed by atoms with van der Waals surface area (Å²) in [6.45, 7) is 5.93. The smallest absolute Gasteiger partial charge is 0.335 e. The van der Waals surface area contributed by atoms with Crippen molar-refractivity contribution in [3.05, 3.63) is 36.5 Å². The van der Waals surface area contributed by atoms with Crippen molar-refractivity contribution in [3.8, 4) is 0 Å². The number of carboxylic acid groups (broad SMARTS) is 1. The molecule has 1 rings (SSSR count). The van der Waals surface area contributed by atoms with Crippen molar-refractivity contribution < 1.29 is 58.2 Å². The lowest BCUT2D eigenvalue weighted by molar-refractivity contribution is -0.301. The summed E-state index contributed by atoms with van der Waals surface area (Å²) in [5, 5.41) is 31.5. The van der Waals surface area contributed by atoms with E-state index >= 15 is 0 Å². The van der Waals surface area contributed by atoms with Gasteiger partial charge in [0, 0.05) is 19.3 Å². The Balaban J connectivity index is 2.66. The minimum absolute atomic E-state index is 0.0640. The van der Waals surface area contributed by atoms with Gasteiger partial charge >= 0.3 is 23.9 Å². The van der Waals surface area contributed by atoms with Crippen molar-refractivity contribution in [2.24, 2.45) is 0 Å². The van der Waals surface area contributed by atoms with Gasteiger partial charge in [-0.2, -0.15) is 0 Å². The highest BCUT2D eigenvalue weighted by Crippen LogP contribution is 2.26. The fraction of sp³-hybridized carbons (Fsp3) is 0.836. The molecule has 1 aliphatic heterocycles. The fourth-order valence-corrected chi connectivity index (χ4v) is 9.03. The Kier molecular flexibility index (Phi) is 46.4. The number of rotatable bonds is 51. The van der Waals surface area contributed by atoms with Gasteiger partial charge in [0.2, 0.25) is 0 Å². The van der Waals surface area contributed by atoms with Crippen LogP contribution in [0.4, 0.5) is 0 Å². The summed E-state index contributed by atoms with van der Waals surface area (Å²) in [5.41, 5.74) is 0. The maximum absolute atomic E-state index is 13.1. The van der Waals surface area contributed by atoms with Crippen LogP contribution in [0.25, 0.3) is 0 Å². The highest BCUT2D eigenvalue weighted by atomic mass is 16.7. The fourth-order valence-electron chi connectivity index (χ4n) is 9.03. The Hall–Kier alpha value is -3.06. The zero-order valence-electron chi connectivity index (χ0n) is 46.6. The Morgan fingerprint density at radius 3 is 1.32 bits per heavy atom. The second-order valence-corrected chi connectivity index (χ2v) is 20.6. The maximum atomic E-state index is 13.1. The normalized spacial score (nSPS) is 18.5. The first-order chi connectivity index (χ1) is 35.6. The van der Waals surface area contributed by atoms with Crippen LogP contribution in [0.5, 0.6) is 0 Å². The van der Waals surface area contributed by atoms with Crippen LogP contribution in [0, 0.1) is 0 Å². The molecule has 0 aliphatic carbocycles. The van der Waals surface area contributed by atoms with Crippen molar-refractivity contribution in [3.63, 3.8) is 0 Å². The van der Waals surface area contributed by atoms with Crippen LogP contribution < -0.4 is 0 Å². The predicted octanol–water partition coefficient (Wildman–Crippen LogP) is 15.2. The van der Waals surface area contributed by atoms with E-state index in [0.717, 1.165) is 103 Å². The SMILES string of the molecule is CCCC/C=C\CCCCCCCC(=O)OC(COC(=O)CCCCCCCCC/C=C\C/C=C\CCCCC)COC1OC(C(=O)O)C(O)C(O)C1OC(=O)CCCCCCCCCCCCCCCCC. The molecule has 1 aliphatic rings. The number of aliphatic carboxylic acids is 1. The maximum Gasteiger partial charge on any atom is 0.335 e. The molecule has 6 unspecified atom stereocenters. The van der Waals surface area contributed by atoms with Crippen molar-refractivity contribution >= 4 is 23.9 Å². The minimum Gasteiger partial charge on any atom is -0.479 e. The van der Waals surface area contributed by atoms with Crippen molar-refractivity contribution in [2.75, 3.05) is 13.2 Å². The number of hydrogen-bond donors (Lipinski definition) is 3. The van der Waals surface area contributed by atoms with Gasteiger partial charge in [-0.05, 0) is 70.6 Å². The third-order valence-electron chi connectivity index (χ3n) is 13.7. The lowest BCUT2D eigenvalue weighted by Gasteiger charge is -2.40. The highest BCUT2D eigenvalue weighted by Gasteiger charge is 2.50. The standard InChI is InChI=1S/C61H108O12/c1-4-7-10-13-16-19-22-24-26-27-29-30-33-35-38-41-44-47-53(62)69-50-52(71-54(63)48-45-42-39-36-32-21-18-15-12-9-6-3)51-70-61-59(57(66)56(65)58(73-61)60(67)68)72-55(64)49-46-43-40-37-34-31-28-25-23-20-17-14-11-8-5-2/h15-16,18-19,24,26,52,56-59,61,65-66H,4-14,17,20-23,25,27-51H2,1-3H3,(H,67,68)/b18-15-,19-16-,26-24-. The summed E-state index contributed by atoms with van der Waals surface area (Å²) >= 11 is 0. The molecule has 0 aromatic rings. The molecule has 0 saturated carbocycles. The molecule has 12 heteroatoms. The van der Waals surface area contributed by atoms with Crippen LogP contribution >= 0.6 is 0 Å². The van der Waals surface area contributed by atoms with Crippen LogP contribution in [-0.4, -0.2) is 89.2 Å². The van der Waals surface area contributed by atoms with Crippen molar-refractivity contribution in [1.82, 2.24) is 0 Å². The number of unbranched alkanes of at least 4 members (excludes halogenated alkanes) is 31. The van der Waals surface area contributed by atoms with Crippen LogP contribution in [0.3, 0.4) is 0 Å². The summed E-state index contributed by atoms with van der Waals surface area (Å²) in [6, 6.07) is 0. The minimum atomic E-state index is -1.90. The predicted molar refractivity (Wildman–Crippen MR) is 294 cm³/mol. The zero-order chi connectivity index (χ0) is 53.3. The summed E-state index contributed by atoms with van der Waals surface area (Å²) in [5.74, 6) is -3.12. The number of aliphatic hydroxyl groups is 2. The number of allylic oxidation sites excluding steroid dienone is 6. The van der Waals surface area contributed by atoms with E-state index in [2.05, 4.69) is 57.2 Å². The van der Waals surface area contributed by atoms with Gasteiger partial charge in [-0.1, -0.05) is 224 Å². The molecule has 0 amide bonds. The third-order valence-corrected chi connectivity index (χ3v) is 13.7. The van der Waals surface area contributed by atoms with Gasteiger partial charge in [0.25, 0.3) is 0 Å². The van der Waals surface area contributed by atoms with Gasteiger partial charge in [0.1, 0.15) is 18.8 Å². The monoisotopic (exact) mass is 1030 g/mol. The van der Waals surface area contributed by atoms with E-state index in [0.29, 0.717) is 19.3 Å². The molecule has 0 bridgehead atoms. The average molecular weight is 1030 g/mol. The van der Waals surface area contributed by atoms with Crippen LogP contribution in [0.15, 0.2) is 36.5 Å². The molecule has 1 saturated heterocycles. The van der Waals surface area contributed by atoms with Gasteiger partial charge in [-0.25, -0.2) is 4.79 Å². The van der Waals surface area contributed by atoms with E-state index in [1.807, 2.05) is 0 Å². The number of hydrogen-bond acceptors (Lipinski definition) is 11. The van der Waals surface area contributed by atoms with Gasteiger partial charge in [0.05, 0.1) is 6.61 Å². The van der Waals surface area contributed by atoms with Crippen LogP contribution in [0.1, 0.15) is 278 Å². The number of carboxylic acids is 1. The summed E-state index contributed by atoms with van der Waals surface area (Å²) in [4.78, 5) is 51.1. The van der Waals surface area contributed by atoms with Crippen LogP contribution in [-0.2, 0) is 42.9 Å². The number of ether oxygens (including phenoxy) is 5. The van der Waals surface area contributed by atoms with E-state index in [4.69, 9.17) is 23.7 Å². The number of carbonyl (C=O) groups excluding carboxylic acids is 3. The summed E-state index contributed by atoms with van der Waals surface area (Å²) < 4.78 is 28.4. The number of carbonyl (C=O) groups is 4. The van der Waals surface area contributed by atoms with E-state index in [9.17, 15) is 34.5 Å². The van der Waals surface area contributed by atoms with Gasteiger partial charge in [-0.3, -0.25) is 14.4 Å². The quantitative estimate of drug-likeness (QED) is 0.0228. The summed E-state index contributed by atoms with van der Waals surface area (Å²) in [7, 11) is 0. The van der Waals surface area contributed by atoms with E-state index in [-0.39, 0.29) is 25.9 Å². The molecular weight excluding hydrogens is 925 g/mol. The molecule has 0 aromatic heterocycles. The molecule has 12 nitrogen and oxygen atoms in total. The molecule has 0 spiro atoms. The first kappa shape index (κ1) is 68.0. The Bertz CT molecular complexity index is 1410. The van der Waals surface area contributed by atoms with Gasteiger partial charge in [-0.15, -0.1) is 0 Å². The molecule has 0 radical (unpaired) electrons. The zero-order valence-corrected chi connectivity index (χ0v) is 46.6. The van der Waals surface area contributed by atoms with E-state index < -0.39 is 67.3 Å². The molecule has 424 valence electrons. The molecule has 1 fully saturated rings. The van der Waals surface area contributed by atoms with Gasteiger partial charge in [0.15, 0.2) is 24.6 Å². The first-order valence-corrected chi connectivity index (χ1v) is 30.0. The number of aliphatic hydroxyl groups excluding tert-OH is 2. The second-order valence-electron chi connectivity index (χ2n) is 20.6. The van der Waals surface area contributed by atoms with E-state index in [1.54, 1.807) is 0 Å². The molecular formula is C61H108O12. The van der Waals surface area contributed by atoms with Crippen molar-refractivity contribution in [2.45, 2.75) is 314 Å². The average Bonchev–Trinajstić information content (AvgIpc) is 3.37. The lowest BCUT2D eigenvalue weighted by atomic mass is 9.98. The lowest BCUT2D eigenvalue weighted by Crippen LogP contribution is -2.61. The van der Waals surface area contributed by atoms with E-state index in [1.165, 1.54) is 116 Å². The largest absolute Gasteiger partial charge is 0.479 e. The topological polar surface area (TPSA) is 175 Å². The van der Waals surface area contributed by atoms with Crippen LogP contribution in [0.2, 0.25) is 0 Å². The van der Waals surface area contributed by atoms with Crippen molar-refractivity contribution in [1.29, 1.82) is 0 Å². The van der Waals surface area contributed by atoms with Gasteiger partial charge < -0.3 is 39.0 Å². The third kappa shape index (κ3) is 39.9. The molecule has 6 atom stereocenters. The molecule has 0 aromatic carbocycles. The second kappa shape index (κ2) is 49.8. The summed E-state index contributed by atoms with van der Waals surface area (Å²) in [6.07, 6.45) is 45.4. The highest BCUT2D eigenvalue weighted by molar-refractivity contribution is 5.74. The molecule has 3 N–H and O–H groups in total. The molecule has 73 heavy (non-hydrogen) atoms.